The zero-order valence-electron chi connectivity index (χ0n) is 21.8. The number of nitrogens with one attached hydrogen (secondary N) is 3. The van der Waals surface area contributed by atoms with E-state index in [1.54, 1.807) is 24.5 Å². The van der Waals surface area contributed by atoms with Crippen molar-refractivity contribution < 1.29 is 9.59 Å². The second-order valence-electron chi connectivity index (χ2n) is 10.1. The summed E-state index contributed by atoms with van der Waals surface area (Å²) in [5.74, 6) is 3.15. The first-order valence-corrected chi connectivity index (χ1v) is 13.0. The molecular weight excluding hydrogens is 476 g/mol. The molecule has 0 radical (unpaired) electrons. The molecule has 2 aliphatic rings. The highest BCUT2D eigenvalue weighted by Gasteiger charge is 2.35. The van der Waals surface area contributed by atoms with Gasteiger partial charge in [-0.2, -0.15) is 0 Å². The van der Waals surface area contributed by atoms with Crippen molar-refractivity contribution in [2.75, 3.05) is 23.3 Å². The van der Waals surface area contributed by atoms with Gasteiger partial charge in [0.25, 0.3) is 11.8 Å². The smallest absolute Gasteiger partial charge is 0.259 e. The number of hydrogen-bond acceptors (Lipinski definition) is 5. The number of aryl methyl sites for hydroxylation is 2. The van der Waals surface area contributed by atoms with Crippen molar-refractivity contribution in [2.45, 2.75) is 45.6 Å². The van der Waals surface area contributed by atoms with E-state index < -0.39 is 0 Å². The molecule has 8 heteroatoms. The van der Waals surface area contributed by atoms with E-state index in [-0.39, 0.29) is 18.4 Å². The molecule has 1 aromatic carbocycles. The average molecular weight is 509 g/mol. The lowest BCUT2D eigenvalue weighted by molar-refractivity contribution is -0.113. The molecule has 1 aliphatic carbocycles. The van der Waals surface area contributed by atoms with Crippen molar-refractivity contribution in [2.24, 2.45) is 5.92 Å². The first-order valence-electron chi connectivity index (χ1n) is 13.0. The molecule has 2 amide bonds. The van der Waals surface area contributed by atoms with Crippen molar-refractivity contribution in [1.82, 2.24) is 20.3 Å². The maximum absolute atomic E-state index is 13.8. The standard InChI is InChI=1S/C30H32N6O2/c1-4-12-31-28(37)22-8-11-24-25(17-26-19(2)15-20(3)34-26)29(38)36(27(24)16-22)18-21-6-9-23(10-7-21)35-30-32-13-5-14-33-30/h1,5,8,11,13-17,21,23,34H,6-7,9-10,12,18H2,2-3H3,(H,31,37)(H,32,33,35)/b25-17-. The van der Waals surface area contributed by atoms with Gasteiger partial charge in [0.2, 0.25) is 5.95 Å². The number of benzene rings is 1. The van der Waals surface area contributed by atoms with Gasteiger partial charge < -0.3 is 20.5 Å². The quantitative estimate of drug-likeness (QED) is 0.325. The van der Waals surface area contributed by atoms with Gasteiger partial charge in [0.15, 0.2) is 0 Å². The van der Waals surface area contributed by atoms with Crippen LogP contribution in [0.4, 0.5) is 11.6 Å². The van der Waals surface area contributed by atoms with Gasteiger partial charge in [-0.25, -0.2) is 9.97 Å². The molecule has 1 saturated carbocycles. The summed E-state index contributed by atoms with van der Waals surface area (Å²) in [6, 6.07) is 9.62. The van der Waals surface area contributed by atoms with Crippen LogP contribution < -0.4 is 15.5 Å². The lowest BCUT2D eigenvalue weighted by atomic mass is 9.85. The molecule has 8 nitrogen and oxygen atoms in total. The summed E-state index contributed by atoms with van der Waals surface area (Å²) < 4.78 is 0. The number of carbonyl (C=O) groups excluding carboxylic acids is 2. The molecule has 194 valence electrons. The molecule has 1 aliphatic heterocycles. The van der Waals surface area contributed by atoms with Crippen LogP contribution in [0.5, 0.6) is 0 Å². The van der Waals surface area contributed by atoms with E-state index in [2.05, 4.69) is 37.6 Å². The third-order valence-corrected chi connectivity index (χ3v) is 7.33. The normalized spacial score (nSPS) is 19.8. The minimum absolute atomic E-state index is 0.0363. The number of aromatic nitrogens is 3. The number of hydrogen-bond donors (Lipinski definition) is 3. The highest BCUT2D eigenvalue weighted by Crippen LogP contribution is 2.40. The Hall–Kier alpha value is -4.38. The van der Waals surface area contributed by atoms with Gasteiger partial charge in [0.05, 0.1) is 17.8 Å². The SMILES string of the molecule is C#CCNC(=O)c1ccc2c(c1)N(CC1CCC(Nc3ncccn3)CC1)C(=O)/C2=C\c1[nH]c(C)cc1C. The van der Waals surface area contributed by atoms with Crippen LogP contribution >= 0.6 is 0 Å². The largest absolute Gasteiger partial charge is 0.359 e. The summed E-state index contributed by atoms with van der Waals surface area (Å²) in [6.45, 7) is 4.79. The highest BCUT2D eigenvalue weighted by atomic mass is 16.2. The summed E-state index contributed by atoms with van der Waals surface area (Å²) in [5, 5.41) is 6.14. The van der Waals surface area contributed by atoms with Crippen LogP contribution in [-0.2, 0) is 4.79 Å². The van der Waals surface area contributed by atoms with Gasteiger partial charge >= 0.3 is 0 Å². The fraction of sp³-hybridized carbons (Fsp3) is 0.333. The predicted octanol–water partition coefficient (Wildman–Crippen LogP) is 4.34. The number of terminal acetylenes is 1. The molecule has 2 aromatic heterocycles. The Labute approximate surface area is 223 Å². The molecule has 38 heavy (non-hydrogen) atoms. The van der Waals surface area contributed by atoms with E-state index in [0.29, 0.717) is 35.6 Å². The fourth-order valence-corrected chi connectivity index (χ4v) is 5.40. The monoisotopic (exact) mass is 508 g/mol. The molecule has 0 spiro atoms. The van der Waals surface area contributed by atoms with Crippen molar-refractivity contribution in [3.05, 3.63) is 70.8 Å². The van der Waals surface area contributed by atoms with Crippen LogP contribution in [0.15, 0.2) is 42.7 Å². The van der Waals surface area contributed by atoms with Crippen LogP contribution in [0.3, 0.4) is 0 Å². The Balaban J connectivity index is 1.37. The first-order chi connectivity index (χ1) is 18.4. The molecule has 0 saturated heterocycles. The number of fused-ring (bicyclic) bond motifs is 1. The average Bonchev–Trinajstić information content (AvgIpc) is 3.38. The van der Waals surface area contributed by atoms with E-state index >= 15 is 0 Å². The zero-order valence-corrected chi connectivity index (χ0v) is 21.8. The van der Waals surface area contributed by atoms with Gasteiger partial charge in [0.1, 0.15) is 0 Å². The number of nitrogens with zero attached hydrogens (tertiary/aromatic N) is 3. The lowest BCUT2D eigenvalue weighted by Gasteiger charge is -2.31. The number of rotatable bonds is 7. The molecule has 0 unspecified atom stereocenters. The molecule has 1 fully saturated rings. The van der Waals surface area contributed by atoms with Crippen molar-refractivity contribution in [1.29, 1.82) is 0 Å². The van der Waals surface area contributed by atoms with Crippen LogP contribution in [0.2, 0.25) is 0 Å². The van der Waals surface area contributed by atoms with Crippen LogP contribution in [0.25, 0.3) is 11.6 Å². The van der Waals surface area contributed by atoms with Crippen molar-refractivity contribution >= 4 is 35.1 Å². The summed E-state index contributed by atoms with van der Waals surface area (Å²) >= 11 is 0. The van der Waals surface area contributed by atoms with E-state index in [4.69, 9.17) is 6.42 Å². The molecule has 3 aromatic rings. The molecular formula is C30H32N6O2. The molecule has 3 N–H and O–H groups in total. The Morgan fingerprint density at radius 2 is 1.95 bits per heavy atom. The third kappa shape index (κ3) is 5.32. The third-order valence-electron chi connectivity index (χ3n) is 7.33. The minimum Gasteiger partial charge on any atom is -0.359 e. The fourth-order valence-electron chi connectivity index (χ4n) is 5.40. The maximum atomic E-state index is 13.8. The Morgan fingerprint density at radius 1 is 1.18 bits per heavy atom. The van der Waals surface area contributed by atoms with Crippen LogP contribution in [-0.4, -0.2) is 45.9 Å². The predicted molar refractivity (Wildman–Crippen MR) is 149 cm³/mol. The van der Waals surface area contributed by atoms with E-state index in [9.17, 15) is 9.59 Å². The van der Waals surface area contributed by atoms with E-state index in [1.807, 2.05) is 37.0 Å². The maximum Gasteiger partial charge on any atom is 0.259 e. The first kappa shape index (κ1) is 25.3. The van der Waals surface area contributed by atoms with Gasteiger partial charge in [-0.15, -0.1) is 6.42 Å². The summed E-state index contributed by atoms with van der Waals surface area (Å²) in [6.07, 6.45) is 14.6. The molecule has 0 atom stereocenters. The molecule has 5 rings (SSSR count). The van der Waals surface area contributed by atoms with Gasteiger partial charge in [0, 0.05) is 47.5 Å². The molecule has 0 bridgehead atoms. The van der Waals surface area contributed by atoms with E-state index in [0.717, 1.165) is 53.9 Å². The van der Waals surface area contributed by atoms with Gasteiger partial charge in [-0.05, 0) is 81.4 Å². The topological polar surface area (TPSA) is 103 Å². The number of H-pyrrole nitrogens is 1. The molecule has 3 heterocycles. The number of amides is 2. The lowest BCUT2D eigenvalue weighted by Crippen LogP contribution is -2.36. The van der Waals surface area contributed by atoms with E-state index in [1.165, 1.54) is 0 Å². The number of aromatic amines is 1. The van der Waals surface area contributed by atoms with Gasteiger partial charge in [-0.1, -0.05) is 12.0 Å². The second-order valence-corrected chi connectivity index (χ2v) is 10.1. The van der Waals surface area contributed by atoms with Crippen LogP contribution in [0, 0.1) is 32.1 Å². The summed E-state index contributed by atoms with van der Waals surface area (Å²) in [4.78, 5) is 40.2. The summed E-state index contributed by atoms with van der Waals surface area (Å²) in [7, 11) is 0. The zero-order chi connectivity index (χ0) is 26.6. The number of anilines is 2. The van der Waals surface area contributed by atoms with Crippen molar-refractivity contribution in [3.8, 4) is 12.3 Å². The second kappa shape index (κ2) is 10.9. The van der Waals surface area contributed by atoms with Gasteiger partial charge in [-0.3, -0.25) is 9.59 Å². The Morgan fingerprint density at radius 3 is 2.63 bits per heavy atom. The Bertz CT molecular complexity index is 1410. The Kier molecular flexibility index (Phi) is 7.27. The summed E-state index contributed by atoms with van der Waals surface area (Å²) in [5.41, 5.74) is 5.78. The minimum atomic E-state index is -0.249. The van der Waals surface area contributed by atoms with Crippen LogP contribution in [0.1, 0.15) is 58.6 Å². The van der Waals surface area contributed by atoms with Crippen molar-refractivity contribution in [3.63, 3.8) is 0 Å². The highest BCUT2D eigenvalue weighted by molar-refractivity contribution is 6.36. The number of carbonyl (C=O) groups is 2.